The first kappa shape index (κ1) is 21.5. The number of benzene rings is 3. The summed E-state index contributed by atoms with van der Waals surface area (Å²) >= 11 is 0. The van der Waals surface area contributed by atoms with Crippen molar-refractivity contribution in [2.45, 2.75) is 30.5 Å². The van der Waals surface area contributed by atoms with Gasteiger partial charge in [0.1, 0.15) is 0 Å². The SMILES string of the molecule is CC(C)S(=O)(=O)c1ccc(C(=O)N2CCN(Cc3cccc4ccccc34)CC2)cc1. The second kappa shape index (κ2) is 8.81. The summed E-state index contributed by atoms with van der Waals surface area (Å²) in [5, 5.41) is 2.04. The number of hydrogen-bond donors (Lipinski definition) is 0. The fraction of sp³-hybridized carbons (Fsp3) is 0.320. The van der Waals surface area contributed by atoms with Crippen LogP contribution < -0.4 is 0 Å². The van der Waals surface area contributed by atoms with Gasteiger partial charge in [-0.25, -0.2) is 8.42 Å². The minimum absolute atomic E-state index is 0.0432. The zero-order valence-electron chi connectivity index (χ0n) is 18.0. The van der Waals surface area contributed by atoms with Crippen molar-refractivity contribution in [3.63, 3.8) is 0 Å². The van der Waals surface area contributed by atoms with E-state index in [1.807, 2.05) is 4.90 Å². The van der Waals surface area contributed by atoms with Crippen LogP contribution in [-0.2, 0) is 16.4 Å². The molecule has 0 atom stereocenters. The van der Waals surface area contributed by atoms with E-state index in [-0.39, 0.29) is 10.8 Å². The molecule has 1 aliphatic heterocycles. The van der Waals surface area contributed by atoms with Gasteiger partial charge in [-0.1, -0.05) is 42.5 Å². The average Bonchev–Trinajstić information content (AvgIpc) is 2.79. The van der Waals surface area contributed by atoms with Crippen LogP contribution in [-0.4, -0.2) is 55.6 Å². The zero-order valence-corrected chi connectivity index (χ0v) is 18.8. The molecule has 0 bridgehead atoms. The highest BCUT2D eigenvalue weighted by Crippen LogP contribution is 2.21. The number of piperazine rings is 1. The third kappa shape index (κ3) is 4.50. The molecule has 0 aliphatic carbocycles. The number of nitrogens with zero attached hydrogens (tertiary/aromatic N) is 2. The first-order valence-corrected chi connectivity index (χ1v) is 12.2. The van der Waals surface area contributed by atoms with Gasteiger partial charge in [0.25, 0.3) is 5.91 Å². The molecule has 0 unspecified atom stereocenters. The highest BCUT2D eigenvalue weighted by atomic mass is 32.2. The number of fused-ring (bicyclic) bond motifs is 1. The third-order valence-corrected chi connectivity index (χ3v) is 8.15. The Bertz CT molecular complexity index is 1170. The highest BCUT2D eigenvalue weighted by molar-refractivity contribution is 7.92. The Morgan fingerprint density at radius 3 is 2.19 bits per heavy atom. The van der Waals surface area contributed by atoms with E-state index in [9.17, 15) is 13.2 Å². The Labute approximate surface area is 184 Å². The molecule has 0 radical (unpaired) electrons. The topological polar surface area (TPSA) is 57.7 Å². The molecule has 3 aromatic carbocycles. The summed E-state index contributed by atoms with van der Waals surface area (Å²) in [7, 11) is -3.33. The molecule has 1 fully saturated rings. The van der Waals surface area contributed by atoms with Crippen molar-refractivity contribution in [3.05, 3.63) is 77.9 Å². The summed E-state index contributed by atoms with van der Waals surface area (Å²) in [4.78, 5) is 17.4. The Kier molecular flexibility index (Phi) is 6.12. The molecule has 1 amide bonds. The van der Waals surface area contributed by atoms with E-state index in [4.69, 9.17) is 0 Å². The molecule has 3 aromatic rings. The van der Waals surface area contributed by atoms with Gasteiger partial charge < -0.3 is 4.90 Å². The first-order valence-electron chi connectivity index (χ1n) is 10.7. The minimum Gasteiger partial charge on any atom is -0.336 e. The van der Waals surface area contributed by atoms with E-state index in [2.05, 4.69) is 47.4 Å². The number of amides is 1. The van der Waals surface area contributed by atoms with Crippen LogP contribution in [0.2, 0.25) is 0 Å². The van der Waals surface area contributed by atoms with Crippen molar-refractivity contribution in [2.24, 2.45) is 0 Å². The fourth-order valence-electron chi connectivity index (χ4n) is 4.02. The van der Waals surface area contributed by atoms with E-state index in [0.29, 0.717) is 18.7 Å². The van der Waals surface area contributed by atoms with Crippen molar-refractivity contribution in [2.75, 3.05) is 26.2 Å². The number of carbonyl (C=O) groups excluding carboxylic acids is 1. The largest absolute Gasteiger partial charge is 0.336 e. The zero-order chi connectivity index (χ0) is 22.0. The second-order valence-corrected chi connectivity index (χ2v) is 10.8. The molecular formula is C25H28N2O3S. The maximum atomic E-state index is 12.9. The van der Waals surface area contributed by atoms with Crippen molar-refractivity contribution in [1.82, 2.24) is 9.80 Å². The summed E-state index contributed by atoms with van der Waals surface area (Å²) in [6.45, 7) is 7.14. The molecule has 0 spiro atoms. The molecule has 4 rings (SSSR count). The minimum atomic E-state index is -3.33. The van der Waals surface area contributed by atoms with Gasteiger partial charge >= 0.3 is 0 Å². The van der Waals surface area contributed by atoms with E-state index in [0.717, 1.165) is 19.6 Å². The molecule has 1 saturated heterocycles. The average molecular weight is 437 g/mol. The molecule has 6 heteroatoms. The maximum absolute atomic E-state index is 12.9. The van der Waals surface area contributed by atoms with Crippen LogP contribution in [0.4, 0.5) is 0 Å². The Morgan fingerprint density at radius 2 is 1.52 bits per heavy atom. The lowest BCUT2D eigenvalue weighted by atomic mass is 10.0. The molecule has 1 heterocycles. The monoisotopic (exact) mass is 436 g/mol. The summed E-state index contributed by atoms with van der Waals surface area (Å²) in [6.07, 6.45) is 0. The van der Waals surface area contributed by atoms with Gasteiger partial charge in [0.05, 0.1) is 10.1 Å². The summed E-state index contributed by atoms with van der Waals surface area (Å²) in [5.41, 5.74) is 1.84. The van der Waals surface area contributed by atoms with E-state index >= 15 is 0 Å². The predicted octanol–water partition coefficient (Wildman–Crippen LogP) is 3.98. The van der Waals surface area contributed by atoms with Crippen molar-refractivity contribution >= 4 is 26.5 Å². The van der Waals surface area contributed by atoms with Crippen LogP contribution >= 0.6 is 0 Å². The van der Waals surface area contributed by atoms with Gasteiger partial charge in [0.15, 0.2) is 9.84 Å². The lowest BCUT2D eigenvalue weighted by molar-refractivity contribution is 0.0629. The van der Waals surface area contributed by atoms with Crippen LogP contribution in [0.1, 0.15) is 29.8 Å². The molecule has 162 valence electrons. The van der Waals surface area contributed by atoms with E-state index < -0.39 is 15.1 Å². The number of carbonyl (C=O) groups is 1. The fourth-order valence-corrected chi connectivity index (χ4v) is 5.08. The molecule has 5 nitrogen and oxygen atoms in total. The van der Waals surface area contributed by atoms with E-state index in [1.165, 1.54) is 16.3 Å². The third-order valence-electron chi connectivity index (χ3n) is 5.98. The number of hydrogen-bond acceptors (Lipinski definition) is 4. The van der Waals surface area contributed by atoms with Crippen LogP contribution in [0, 0.1) is 0 Å². The van der Waals surface area contributed by atoms with Crippen LogP contribution in [0.3, 0.4) is 0 Å². The normalized spacial score (nSPS) is 15.5. The second-order valence-electron chi connectivity index (χ2n) is 8.32. The molecule has 0 aromatic heterocycles. The summed E-state index contributed by atoms with van der Waals surface area (Å²) < 4.78 is 24.6. The first-order chi connectivity index (χ1) is 14.9. The quantitative estimate of drug-likeness (QED) is 0.607. The highest BCUT2D eigenvalue weighted by Gasteiger charge is 2.24. The Hall–Kier alpha value is -2.70. The van der Waals surface area contributed by atoms with Gasteiger partial charge in [-0.15, -0.1) is 0 Å². The van der Waals surface area contributed by atoms with Gasteiger partial charge in [0.2, 0.25) is 0 Å². The Balaban J connectivity index is 1.39. The Morgan fingerprint density at radius 1 is 0.871 bits per heavy atom. The maximum Gasteiger partial charge on any atom is 0.253 e. The smallest absolute Gasteiger partial charge is 0.253 e. The van der Waals surface area contributed by atoms with Gasteiger partial charge in [0, 0.05) is 38.3 Å². The van der Waals surface area contributed by atoms with Crippen LogP contribution in [0.5, 0.6) is 0 Å². The molecule has 31 heavy (non-hydrogen) atoms. The molecule has 0 saturated carbocycles. The molecule has 1 aliphatic rings. The molecule has 0 N–H and O–H groups in total. The van der Waals surface area contributed by atoms with Crippen molar-refractivity contribution in [1.29, 1.82) is 0 Å². The number of rotatable bonds is 5. The van der Waals surface area contributed by atoms with Crippen molar-refractivity contribution < 1.29 is 13.2 Å². The van der Waals surface area contributed by atoms with Crippen LogP contribution in [0.25, 0.3) is 10.8 Å². The van der Waals surface area contributed by atoms with Gasteiger partial charge in [-0.2, -0.15) is 0 Å². The van der Waals surface area contributed by atoms with Gasteiger partial charge in [-0.3, -0.25) is 9.69 Å². The lowest BCUT2D eigenvalue weighted by Gasteiger charge is -2.35. The molecular weight excluding hydrogens is 408 g/mol. The van der Waals surface area contributed by atoms with E-state index in [1.54, 1.807) is 38.1 Å². The summed E-state index contributed by atoms with van der Waals surface area (Å²) in [5.74, 6) is -0.0432. The van der Waals surface area contributed by atoms with Gasteiger partial charge in [-0.05, 0) is 54.4 Å². The van der Waals surface area contributed by atoms with Crippen LogP contribution in [0.15, 0.2) is 71.6 Å². The summed E-state index contributed by atoms with van der Waals surface area (Å²) in [6, 6.07) is 21.2. The lowest BCUT2D eigenvalue weighted by Crippen LogP contribution is -2.48. The van der Waals surface area contributed by atoms with Crippen molar-refractivity contribution in [3.8, 4) is 0 Å². The standard InChI is InChI=1S/C25H28N2O3S/c1-19(2)31(29,30)23-12-10-21(11-13-23)25(28)27-16-14-26(15-17-27)18-22-8-5-7-20-6-3-4-9-24(20)22/h3-13,19H,14-18H2,1-2H3. The number of sulfone groups is 1. The predicted molar refractivity (Wildman–Crippen MR) is 124 cm³/mol.